The van der Waals surface area contributed by atoms with Crippen LogP contribution in [0, 0.1) is 0 Å². The topological polar surface area (TPSA) is 0 Å². The van der Waals surface area contributed by atoms with Gasteiger partial charge in [0.25, 0.3) is 0 Å². The Hall–Kier alpha value is -0.0200. The van der Waals surface area contributed by atoms with Gasteiger partial charge < -0.3 is 0 Å². The molecule has 0 N–H and O–H groups in total. The van der Waals surface area contributed by atoms with Crippen molar-refractivity contribution in [2.24, 2.45) is 0 Å². The maximum absolute atomic E-state index is 5.59. The second kappa shape index (κ2) is 7.33. The summed E-state index contributed by atoms with van der Waals surface area (Å²) in [6, 6.07) is 15.0. The average molecular weight is 383 g/mol. The molecule has 2 rings (SSSR count). The van der Waals surface area contributed by atoms with Crippen LogP contribution >= 0.6 is 55.1 Å². The maximum Gasteiger partial charge on any atom is 0.0406 e. The molecule has 16 heavy (non-hydrogen) atoms. The molecule has 2 aromatic rings. The summed E-state index contributed by atoms with van der Waals surface area (Å²) in [5, 5.41) is 1.54. The van der Waals surface area contributed by atoms with Gasteiger partial charge in [0.05, 0.1) is 0 Å². The Balaban J connectivity index is 0.000000160. The van der Waals surface area contributed by atoms with Gasteiger partial charge in [-0.3, -0.25) is 0 Å². The lowest BCUT2D eigenvalue weighted by molar-refractivity contribution is 1.65. The molecule has 0 unspecified atom stereocenters. The molecule has 0 aliphatic rings. The molecule has 0 fully saturated rings. The van der Waals surface area contributed by atoms with E-state index in [0.29, 0.717) is 0 Å². The molecular formula is C12H8Br2Cl2. The molecule has 84 valence electrons. The normalized spacial score (nSPS) is 9.25. The van der Waals surface area contributed by atoms with Gasteiger partial charge in [-0.2, -0.15) is 0 Å². The SMILES string of the molecule is Clc1ccc(Br)cc1.Clc1ccc(Br)cc1. The predicted molar refractivity (Wildman–Crippen MR) is 78.3 cm³/mol. The summed E-state index contributed by atoms with van der Waals surface area (Å²) < 4.78 is 2.11. The Kier molecular flexibility index (Phi) is 6.44. The molecule has 0 atom stereocenters. The van der Waals surface area contributed by atoms with Crippen LogP contribution in [0.2, 0.25) is 10.0 Å². The summed E-state index contributed by atoms with van der Waals surface area (Å²) >= 11 is 17.8. The molecule has 4 heteroatoms. The lowest BCUT2D eigenvalue weighted by Crippen LogP contribution is -1.61. The molecule has 0 aromatic heterocycles. The van der Waals surface area contributed by atoms with Crippen molar-refractivity contribution in [2.45, 2.75) is 0 Å². The van der Waals surface area contributed by atoms with Gasteiger partial charge in [0.2, 0.25) is 0 Å². The standard InChI is InChI=1S/2C6H4BrCl/c2*7-5-1-3-6(8)4-2-5/h2*1-4H. The number of rotatable bonds is 0. The first kappa shape index (κ1) is 14.0. The monoisotopic (exact) mass is 380 g/mol. The zero-order valence-corrected chi connectivity index (χ0v) is 12.8. The fraction of sp³-hybridized carbons (Fsp3) is 0. The first-order chi connectivity index (χ1) is 7.58. The van der Waals surface area contributed by atoms with Crippen molar-refractivity contribution in [3.05, 3.63) is 67.5 Å². The fourth-order valence-corrected chi connectivity index (χ4v) is 1.64. The van der Waals surface area contributed by atoms with Crippen LogP contribution in [0.15, 0.2) is 57.5 Å². The van der Waals surface area contributed by atoms with E-state index in [0.717, 1.165) is 19.0 Å². The smallest absolute Gasteiger partial charge is 0.0406 e. The summed E-state index contributed by atoms with van der Waals surface area (Å²) in [5.41, 5.74) is 0. The molecule has 2 aromatic carbocycles. The summed E-state index contributed by atoms with van der Waals surface area (Å²) in [7, 11) is 0. The Morgan fingerprint density at radius 2 is 0.812 bits per heavy atom. The quantitative estimate of drug-likeness (QED) is 0.508. The fourth-order valence-electron chi connectivity index (χ4n) is 0.859. The van der Waals surface area contributed by atoms with Crippen molar-refractivity contribution in [1.29, 1.82) is 0 Å². The molecule has 0 nitrogen and oxygen atoms in total. The second-order valence-corrected chi connectivity index (χ2v) is 5.58. The second-order valence-electron chi connectivity index (χ2n) is 2.87. The Labute approximate surface area is 122 Å². The summed E-state index contributed by atoms with van der Waals surface area (Å²) in [6.07, 6.45) is 0. The minimum Gasteiger partial charge on any atom is -0.0843 e. The van der Waals surface area contributed by atoms with Crippen molar-refractivity contribution in [3.8, 4) is 0 Å². The van der Waals surface area contributed by atoms with E-state index in [1.165, 1.54) is 0 Å². The van der Waals surface area contributed by atoms with Crippen LogP contribution < -0.4 is 0 Å². The van der Waals surface area contributed by atoms with Gasteiger partial charge >= 0.3 is 0 Å². The summed E-state index contributed by atoms with van der Waals surface area (Å²) in [5.74, 6) is 0. The number of benzene rings is 2. The largest absolute Gasteiger partial charge is 0.0843 e. The predicted octanol–water partition coefficient (Wildman–Crippen LogP) is 6.21. The number of halogens is 4. The highest BCUT2D eigenvalue weighted by molar-refractivity contribution is 9.10. The van der Waals surface area contributed by atoms with E-state index in [1.54, 1.807) is 0 Å². The Bertz CT molecular complexity index is 338. The van der Waals surface area contributed by atoms with Crippen LogP contribution in [0.5, 0.6) is 0 Å². The molecular weight excluding hydrogens is 375 g/mol. The minimum absolute atomic E-state index is 0.771. The zero-order chi connectivity index (χ0) is 12.0. The lowest BCUT2D eigenvalue weighted by atomic mass is 10.4. The van der Waals surface area contributed by atoms with Gasteiger partial charge in [-0.25, -0.2) is 0 Å². The third kappa shape index (κ3) is 5.90. The van der Waals surface area contributed by atoms with E-state index in [2.05, 4.69) is 31.9 Å². The van der Waals surface area contributed by atoms with Gasteiger partial charge in [-0.05, 0) is 48.5 Å². The zero-order valence-electron chi connectivity index (χ0n) is 8.13. The lowest BCUT2D eigenvalue weighted by Gasteiger charge is -1.86. The molecule has 0 heterocycles. The van der Waals surface area contributed by atoms with E-state index in [9.17, 15) is 0 Å². The van der Waals surface area contributed by atoms with Crippen molar-refractivity contribution >= 4 is 55.1 Å². The van der Waals surface area contributed by atoms with E-state index in [4.69, 9.17) is 23.2 Å². The first-order valence-corrected chi connectivity index (χ1v) is 6.74. The van der Waals surface area contributed by atoms with E-state index in [-0.39, 0.29) is 0 Å². The molecule has 0 saturated heterocycles. The van der Waals surface area contributed by atoms with Crippen molar-refractivity contribution in [2.75, 3.05) is 0 Å². The third-order valence-electron chi connectivity index (χ3n) is 1.61. The van der Waals surface area contributed by atoms with E-state index >= 15 is 0 Å². The Morgan fingerprint density at radius 3 is 1.00 bits per heavy atom. The highest BCUT2D eigenvalue weighted by atomic mass is 79.9. The van der Waals surface area contributed by atoms with Gasteiger partial charge in [-0.1, -0.05) is 55.1 Å². The van der Waals surface area contributed by atoms with Crippen LogP contribution in [0.25, 0.3) is 0 Å². The average Bonchev–Trinajstić information content (AvgIpc) is 2.28. The number of hydrogen-bond donors (Lipinski definition) is 0. The third-order valence-corrected chi connectivity index (χ3v) is 3.17. The van der Waals surface area contributed by atoms with Crippen molar-refractivity contribution < 1.29 is 0 Å². The van der Waals surface area contributed by atoms with Gasteiger partial charge in [0, 0.05) is 19.0 Å². The van der Waals surface area contributed by atoms with Crippen LogP contribution in [0.1, 0.15) is 0 Å². The summed E-state index contributed by atoms with van der Waals surface area (Å²) in [6.45, 7) is 0. The molecule has 0 radical (unpaired) electrons. The molecule has 0 amide bonds. The van der Waals surface area contributed by atoms with Gasteiger partial charge in [0.15, 0.2) is 0 Å². The highest BCUT2D eigenvalue weighted by Crippen LogP contribution is 2.14. The minimum atomic E-state index is 0.771. The van der Waals surface area contributed by atoms with Gasteiger partial charge in [-0.15, -0.1) is 0 Å². The molecule has 0 saturated carbocycles. The van der Waals surface area contributed by atoms with Gasteiger partial charge in [0.1, 0.15) is 0 Å². The van der Waals surface area contributed by atoms with Crippen LogP contribution in [0.4, 0.5) is 0 Å². The molecule has 0 aliphatic heterocycles. The van der Waals surface area contributed by atoms with Crippen LogP contribution in [0.3, 0.4) is 0 Å². The number of hydrogen-bond acceptors (Lipinski definition) is 0. The highest BCUT2D eigenvalue weighted by Gasteiger charge is 1.84. The van der Waals surface area contributed by atoms with E-state index < -0.39 is 0 Å². The molecule has 0 aliphatic carbocycles. The first-order valence-electron chi connectivity index (χ1n) is 4.40. The maximum atomic E-state index is 5.59. The Morgan fingerprint density at radius 1 is 0.562 bits per heavy atom. The molecule has 0 bridgehead atoms. The van der Waals surface area contributed by atoms with Crippen molar-refractivity contribution in [1.82, 2.24) is 0 Å². The van der Waals surface area contributed by atoms with E-state index in [1.807, 2.05) is 48.5 Å². The molecule has 0 spiro atoms. The summed E-state index contributed by atoms with van der Waals surface area (Å²) in [4.78, 5) is 0. The van der Waals surface area contributed by atoms with Crippen LogP contribution in [-0.2, 0) is 0 Å². The van der Waals surface area contributed by atoms with Crippen LogP contribution in [-0.4, -0.2) is 0 Å². The van der Waals surface area contributed by atoms with Crippen molar-refractivity contribution in [3.63, 3.8) is 0 Å².